The minimum Gasteiger partial charge on any atom is -0.360 e. The van der Waals surface area contributed by atoms with Gasteiger partial charge in [0.2, 0.25) is 0 Å². The largest absolute Gasteiger partial charge is 0.360 e. The van der Waals surface area contributed by atoms with Gasteiger partial charge in [-0.2, -0.15) is 0 Å². The van der Waals surface area contributed by atoms with Crippen molar-refractivity contribution < 1.29 is 0 Å². The Morgan fingerprint density at radius 1 is 1.08 bits per heavy atom. The molecule has 3 heterocycles. The summed E-state index contributed by atoms with van der Waals surface area (Å²) in [5, 5.41) is 4.65. The Morgan fingerprint density at radius 3 is 2.79 bits per heavy atom. The lowest BCUT2D eigenvalue weighted by molar-refractivity contribution is 0.175. The van der Waals surface area contributed by atoms with Gasteiger partial charge in [0.1, 0.15) is 0 Å². The zero-order chi connectivity index (χ0) is 16.3. The van der Waals surface area contributed by atoms with Gasteiger partial charge in [0, 0.05) is 43.4 Å². The van der Waals surface area contributed by atoms with E-state index in [2.05, 4.69) is 16.3 Å². The van der Waals surface area contributed by atoms with E-state index < -0.39 is 0 Å². The van der Waals surface area contributed by atoms with Crippen LogP contribution in [0.4, 0.5) is 0 Å². The molecule has 4 aliphatic rings. The summed E-state index contributed by atoms with van der Waals surface area (Å²) in [5.41, 5.74) is 1.35. The Bertz CT molecular complexity index is 730. The molecular formula is C19H25N3OS. The van der Waals surface area contributed by atoms with E-state index in [1.165, 1.54) is 37.8 Å². The van der Waals surface area contributed by atoms with E-state index in [1.54, 1.807) is 6.07 Å². The highest BCUT2D eigenvalue weighted by molar-refractivity contribution is 7.80. The van der Waals surface area contributed by atoms with Crippen LogP contribution in [-0.4, -0.2) is 33.7 Å². The van der Waals surface area contributed by atoms with Crippen LogP contribution >= 0.6 is 12.2 Å². The van der Waals surface area contributed by atoms with Crippen LogP contribution in [0.25, 0.3) is 0 Å². The van der Waals surface area contributed by atoms with Gasteiger partial charge < -0.3 is 14.8 Å². The molecule has 5 rings (SSSR count). The fraction of sp³-hybridized carbons (Fsp3) is 0.684. The van der Waals surface area contributed by atoms with Gasteiger partial charge in [0.15, 0.2) is 5.11 Å². The number of fused-ring (bicyclic) bond motifs is 6. The summed E-state index contributed by atoms with van der Waals surface area (Å²) in [6.07, 6.45) is 6.71. The number of pyridine rings is 1. The summed E-state index contributed by atoms with van der Waals surface area (Å²) in [7, 11) is 0. The van der Waals surface area contributed by atoms with Crippen molar-refractivity contribution in [3.63, 3.8) is 0 Å². The van der Waals surface area contributed by atoms with Gasteiger partial charge in [0.05, 0.1) is 0 Å². The van der Waals surface area contributed by atoms with Gasteiger partial charge >= 0.3 is 0 Å². The van der Waals surface area contributed by atoms with Crippen LogP contribution in [0, 0.1) is 17.8 Å². The Kier molecular flexibility index (Phi) is 3.47. The van der Waals surface area contributed by atoms with Crippen molar-refractivity contribution in [1.82, 2.24) is 14.8 Å². The smallest absolute Gasteiger partial charge is 0.250 e. The maximum atomic E-state index is 12.1. The molecule has 0 radical (unpaired) electrons. The maximum Gasteiger partial charge on any atom is 0.250 e. The lowest BCUT2D eigenvalue weighted by Crippen LogP contribution is -2.54. The van der Waals surface area contributed by atoms with Crippen molar-refractivity contribution >= 4 is 17.3 Å². The van der Waals surface area contributed by atoms with Gasteiger partial charge in [-0.3, -0.25) is 4.79 Å². The molecule has 3 fully saturated rings. The van der Waals surface area contributed by atoms with Crippen LogP contribution in [0.15, 0.2) is 23.0 Å². The summed E-state index contributed by atoms with van der Waals surface area (Å²) in [6.45, 7) is 2.79. The molecule has 1 aromatic heterocycles. The van der Waals surface area contributed by atoms with Crippen LogP contribution in [0.5, 0.6) is 0 Å². The molecule has 0 amide bonds. The predicted octanol–water partition coefficient (Wildman–Crippen LogP) is 2.33. The number of nitrogens with one attached hydrogen (secondary N) is 1. The molecule has 4 unspecified atom stereocenters. The van der Waals surface area contributed by atoms with Crippen molar-refractivity contribution in [1.29, 1.82) is 0 Å². The molecule has 5 heteroatoms. The molecule has 2 aliphatic carbocycles. The number of likely N-dealkylation sites (tertiary alicyclic amines) is 1. The number of nitrogens with zero attached hydrogens (tertiary/aromatic N) is 2. The van der Waals surface area contributed by atoms with Gasteiger partial charge in [-0.25, -0.2) is 0 Å². The van der Waals surface area contributed by atoms with E-state index in [4.69, 9.17) is 12.2 Å². The number of hydrogen-bond donors (Lipinski definition) is 1. The minimum atomic E-state index is 0.151. The lowest BCUT2D eigenvalue weighted by atomic mass is 9.83. The van der Waals surface area contributed by atoms with Gasteiger partial charge in [-0.1, -0.05) is 12.5 Å². The van der Waals surface area contributed by atoms with Gasteiger partial charge in [0.25, 0.3) is 5.56 Å². The zero-order valence-electron chi connectivity index (χ0n) is 14.0. The first-order valence-electron chi connectivity index (χ1n) is 9.42. The fourth-order valence-electron chi connectivity index (χ4n) is 5.73. The van der Waals surface area contributed by atoms with E-state index in [9.17, 15) is 4.79 Å². The Labute approximate surface area is 148 Å². The molecular weight excluding hydrogens is 318 g/mol. The molecule has 4 nitrogen and oxygen atoms in total. The second-order valence-electron chi connectivity index (χ2n) is 8.33. The van der Waals surface area contributed by atoms with E-state index in [0.29, 0.717) is 17.9 Å². The quantitative estimate of drug-likeness (QED) is 0.794. The summed E-state index contributed by atoms with van der Waals surface area (Å²) < 4.78 is 1.99. The summed E-state index contributed by atoms with van der Waals surface area (Å²) >= 11 is 5.77. The third-order valence-corrected chi connectivity index (χ3v) is 7.19. The highest BCUT2D eigenvalue weighted by atomic mass is 32.1. The molecule has 1 saturated heterocycles. The topological polar surface area (TPSA) is 37.3 Å². The molecule has 2 saturated carbocycles. The summed E-state index contributed by atoms with van der Waals surface area (Å²) in [5.74, 6) is 2.76. The van der Waals surface area contributed by atoms with Crippen LogP contribution in [0.1, 0.15) is 43.7 Å². The van der Waals surface area contributed by atoms with E-state index >= 15 is 0 Å². The normalized spacial score (nSPS) is 36.5. The number of hydrogen-bond acceptors (Lipinski definition) is 2. The monoisotopic (exact) mass is 343 g/mol. The molecule has 5 atom stereocenters. The molecule has 0 aromatic carbocycles. The van der Waals surface area contributed by atoms with E-state index in [0.717, 1.165) is 36.6 Å². The summed E-state index contributed by atoms with van der Waals surface area (Å²) in [6, 6.07) is 6.31. The van der Waals surface area contributed by atoms with Crippen molar-refractivity contribution in [3.8, 4) is 0 Å². The predicted molar refractivity (Wildman–Crippen MR) is 98.1 cm³/mol. The Hall–Kier alpha value is -1.36. The number of aromatic nitrogens is 1. The standard InChI is InChI=1S/C19H25N3OS/c23-18-3-1-2-17-15-7-13(10-22(17)18)9-21(11-15)19(24)20-16-8-12-4-5-14(16)6-12/h1-3,12-16H,4-11H2,(H,20,24)/t12?,13-,14?,15?,16?/m0/s1. The number of thiocarbonyl (C=S) groups is 1. The second-order valence-corrected chi connectivity index (χ2v) is 8.72. The molecule has 4 bridgehead atoms. The van der Waals surface area contributed by atoms with E-state index in [1.807, 2.05) is 10.6 Å². The highest BCUT2D eigenvalue weighted by Gasteiger charge is 2.41. The maximum absolute atomic E-state index is 12.1. The van der Waals surface area contributed by atoms with Crippen molar-refractivity contribution in [2.45, 2.75) is 50.6 Å². The van der Waals surface area contributed by atoms with Crippen molar-refractivity contribution in [3.05, 3.63) is 34.2 Å². The van der Waals surface area contributed by atoms with E-state index in [-0.39, 0.29) is 5.56 Å². The van der Waals surface area contributed by atoms with Crippen LogP contribution in [0.3, 0.4) is 0 Å². The van der Waals surface area contributed by atoms with Crippen molar-refractivity contribution in [2.24, 2.45) is 17.8 Å². The van der Waals surface area contributed by atoms with Gasteiger partial charge in [-0.05, 0) is 61.7 Å². The molecule has 1 aromatic rings. The molecule has 24 heavy (non-hydrogen) atoms. The first-order chi connectivity index (χ1) is 11.7. The number of rotatable bonds is 1. The van der Waals surface area contributed by atoms with Crippen LogP contribution < -0.4 is 10.9 Å². The Morgan fingerprint density at radius 2 is 2.00 bits per heavy atom. The van der Waals surface area contributed by atoms with Crippen LogP contribution in [-0.2, 0) is 6.54 Å². The first kappa shape index (κ1) is 14.9. The third kappa shape index (κ3) is 2.40. The highest BCUT2D eigenvalue weighted by Crippen LogP contribution is 2.44. The molecule has 1 N–H and O–H groups in total. The molecule has 0 spiro atoms. The third-order valence-electron chi connectivity index (χ3n) is 6.81. The SMILES string of the molecule is O=c1cccc2n1C[C@H]1CC2CN(C(=S)NC2CC3CCC2C3)C1. The zero-order valence-corrected chi connectivity index (χ0v) is 14.8. The average Bonchev–Trinajstić information content (AvgIpc) is 3.18. The molecule has 128 valence electrons. The summed E-state index contributed by atoms with van der Waals surface area (Å²) in [4.78, 5) is 14.5. The minimum absolute atomic E-state index is 0.151. The lowest BCUT2D eigenvalue weighted by Gasteiger charge is -2.44. The van der Waals surface area contributed by atoms with Crippen molar-refractivity contribution in [2.75, 3.05) is 13.1 Å². The Balaban J connectivity index is 1.31. The van der Waals surface area contributed by atoms with Crippen LogP contribution in [0.2, 0.25) is 0 Å². The second kappa shape index (κ2) is 5.58. The molecule has 2 aliphatic heterocycles. The van der Waals surface area contributed by atoms with Gasteiger partial charge in [-0.15, -0.1) is 0 Å². The number of piperidine rings is 1. The fourth-order valence-corrected chi connectivity index (χ4v) is 6.03. The first-order valence-corrected chi connectivity index (χ1v) is 9.83. The average molecular weight is 343 g/mol.